The molecule has 2 aromatic rings. The Morgan fingerprint density at radius 2 is 2.14 bits per heavy atom. The van der Waals surface area contributed by atoms with E-state index in [4.69, 9.17) is 28.9 Å². The number of phenolic OH excluding ortho intramolecular Hbond substituents is 1. The standard InChI is InChI=1S/C14H16Cl2N4O/c1-2-9(17)6-18-14-11(16)7-19-13(20-14)10-5-8(15)3-4-12(10)21/h3-5,7,9,21H,2,6,17H2,1H3,(H,18,19,20)/t9-/m0/s1. The molecule has 0 fully saturated rings. The van der Waals surface area contributed by atoms with Crippen LogP contribution >= 0.6 is 23.2 Å². The van der Waals surface area contributed by atoms with Gasteiger partial charge in [0.1, 0.15) is 16.6 Å². The zero-order chi connectivity index (χ0) is 15.4. The Balaban J connectivity index is 2.31. The first-order valence-corrected chi connectivity index (χ1v) is 7.27. The minimum atomic E-state index is 0.0130. The number of nitrogens with one attached hydrogen (secondary N) is 1. The number of aromatic hydroxyl groups is 1. The molecule has 0 unspecified atom stereocenters. The molecule has 4 N–H and O–H groups in total. The van der Waals surface area contributed by atoms with Crippen molar-refractivity contribution in [3.8, 4) is 17.1 Å². The topological polar surface area (TPSA) is 84.1 Å². The van der Waals surface area contributed by atoms with Crippen molar-refractivity contribution < 1.29 is 5.11 Å². The van der Waals surface area contributed by atoms with Gasteiger partial charge in [-0.15, -0.1) is 0 Å². The molecule has 1 atom stereocenters. The lowest BCUT2D eigenvalue weighted by molar-refractivity contribution is 0.477. The van der Waals surface area contributed by atoms with Gasteiger partial charge in [-0.25, -0.2) is 9.97 Å². The van der Waals surface area contributed by atoms with Crippen LogP contribution in [0.25, 0.3) is 11.4 Å². The first kappa shape index (κ1) is 15.8. The maximum atomic E-state index is 9.89. The minimum absolute atomic E-state index is 0.0130. The third-order valence-electron chi connectivity index (χ3n) is 3.00. The fraction of sp³-hybridized carbons (Fsp3) is 0.286. The highest BCUT2D eigenvalue weighted by Gasteiger charge is 2.12. The number of hydrogen-bond donors (Lipinski definition) is 3. The van der Waals surface area contributed by atoms with Crippen LogP contribution in [0.4, 0.5) is 5.82 Å². The van der Waals surface area contributed by atoms with Crippen molar-refractivity contribution in [2.75, 3.05) is 11.9 Å². The summed E-state index contributed by atoms with van der Waals surface area (Å²) in [6.07, 6.45) is 2.32. The maximum absolute atomic E-state index is 9.89. The summed E-state index contributed by atoms with van der Waals surface area (Å²) in [5.41, 5.74) is 6.30. The van der Waals surface area contributed by atoms with E-state index in [1.807, 2.05) is 6.92 Å². The van der Waals surface area contributed by atoms with E-state index < -0.39 is 0 Å². The van der Waals surface area contributed by atoms with E-state index in [0.29, 0.717) is 33.8 Å². The van der Waals surface area contributed by atoms with Gasteiger partial charge in [0.25, 0.3) is 0 Å². The first-order valence-electron chi connectivity index (χ1n) is 6.52. The van der Waals surface area contributed by atoms with Crippen molar-refractivity contribution in [1.29, 1.82) is 0 Å². The van der Waals surface area contributed by atoms with Crippen LogP contribution in [0.1, 0.15) is 13.3 Å². The highest BCUT2D eigenvalue weighted by Crippen LogP contribution is 2.31. The molecule has 7 heteroatoms. The third kappa shape index (κ3) is 3.97. The van der Waals surface area contributed by atoms with Gasteiger partial charge in [-0.05, 0) is 24.6 Å². The van der Waals surface area contributed by atoms with Crippen molar-refractivity contribution in [3.05, 3.63) is 34.4 Å². The van der Waals surface area contributed by atoms with Crippen LogP contribution in [0.3, 0.4) is 0 Å². The second kappa shape index (κ2) is 6.93. The number of hydrogen-bond acceptors (Lipinski definition) is 5. The van der Waals surface area contributed by atoms with Gasteiger partial charge < -0.3 is 16.2 Å². The van der Waals surface area contributed by atoms with Gasteiger partial charge in [0.2, 0.25) is 0 Å². The van der Waals surface area contributed by atoms with Crippen LogP contribution in [0.5, 0.6) is 5.75 Å². The second-order valence-electron chi connectivity index (χ2n) is 4.60. The molecular weight excluding hydrogens is 311 g/mol. The third-order valence-corrected chi connectivity index (χ3v) is 3.51. The highest BCUT2D eigenvalue weighted by molar-refractivity contribution is 6.32. The van der Waals surface area contributed by atoms with E-state index in [2.05, 4.69) is 15.3 Å². The molecule has 0 spiro atoms. The summed E-state index contributed by atoms with van der Waals surface area (Å²) in [4.78, 5) is 8.45. The van der Waals surface area contributed by atoms with E-state index in [0.717, 1.165) is 6.42 Å². The van der Waals surface area contributed by atoms with Crippen molar-refractivity contribution >= 4 is 29.0 Å². The fourth-order valence-electron chi connectivity index (χ4n) is 1.68. The van der Waals surface area contributed by atoms with E-state index >= 15 is 0 Å². The van der Waals surface area contributed by atoms with Gasteiger partial charge in [0, 0.05) is 17.6 Å². The van der Waals surface area contributed by atoms with Crippen molar-refractivity contribution in [3.63, 3.8) is 0 Å². The lowest BCUT2D eigenvalue weighted by atomic mass is 10.2. The van der Waals surface area contributed by atoms with Crippen LogP contribution in [-0.2, 0) is 0 Å². The zero-order valence-corrected chi connectivity index (χ0v) is 13.0. The fourth-order valence-corrected chi connectivity index (χ4v) is 2.01. The van der Waals surface area contributed by atoms with Crippen molar-refractivity contribution in [2.24, 2.45) is 5.73 Å². The molecule has 0 aliphatic rings. The number of benzene rings is 1. The van der Waals surface area contributed by atoms with Crippen LogP contribution in [0, 0.1) is 0 Å². The molecule has 0 aliphatic heterocycles. The van der Waals surface area contributed by atoms with Gasteiger partial charge in [-0.2, -0.15) is 0 Å². The van der Waals surface area contributed by atoms with Gasteiger partial charge in [0.15, 0.2) is 5.82 Å². The summed E-state index contributed by atoms with van der Waals surface area (Å²) >= 11 is 12.0. The molecule has 1 heterocycles. The number of phenols is 1. The van der Waals surface area contributed by atoms with Crippen LogP contribution in [0.2, 0.25) is 10.0 Å². The van der Waals surface area contributed by atoms with E-state index in [1.54, 1.807) is 12.1 Å². The minimum Gasteiger partial charge on any atom is -0.507 e. The summed E-state index contributed by atoms with van der Waals surface area (Å²) < 4.78 is 0. The van der Waals surface area contributed by atoms with Crippen molar-refractivity contribution in [1.82, 2.24) is 9.97 Å². The highest BCUT2D eigenvalue weighted by atomic mass is 35.5. The molecule has 0 aliphatic carbocycles. The monoisotopic (exact) mass is 326 g/mol. The Bertz CT molecular complexity index is 636. The number of halogens is 2. The molecule has 21 heavy (non-hydrogen) atoms. The Hall–Kier alpha value is -1.56. The molecule has 2 rings (SSSR count). The smallest absolute Gasteiger partial charge is 0.165 e. The summed E-state index contributed by atoms with van der Waals surface area (Å²) in [5, 5.41) is 13.9. The number of nitrogens with zero attached hydrogens (tertiary/aromatic N) is 2. The van der Waals surface area contributed by atoms with Crippen molar-refractivity contribution in [2.45, 2.75) is 19.4 Å². The molecule has 0 saturated carbocycles. The molecule has 0 radical (unpaired) electrons. The molecule has 112 valence electrons. The van der Waals surface area contributed by atoms with E-state index in [9.17, 15) is 5.11 Å². The number of aromatic nitrogens is 2. The normalized spacial score (nSPS) is 12.2. The number of nitrogens with two attached hydrogens (primary N) is 1. The quantitative estimate of drug-likeness (QED) is 0.785. The lowest BCUT2D eigenvalue weighted by Gasteiger charge is -2.13. The van der Waals surface area contributed by atoms with Crippen LogP contribution in [0.15, 0.2) is 24.4 Å². The average Bonchev–Trinajstić information content (AvgIpc) is 2.48. The number of anilines is 1. The SMILES string of the molecule is CC[C@H](N)CNc1nc(-c2cc(Cl)ccc2O)ncc1Cl. The molecular formula is C14H16Cl2N4O. The van der Waals surface area contributed by atoms with Gasteiger partial charge in [-0.1, -0.05) is 30.1 Å². The summed E-state index contributed by atoms with van der Waals surface area (Å²) in [6.45, 7) is 2.55. The van der Waals surface area contributed by atoms with Gasteiger partial charge >= 0.3 is 0 Å². The largest absolute Gasteiger partial charge is 0.507 e. The molecule has 1 aromatic heterocycles. The molecule has 0 saturated heterocycles. The second-order valence-corrected chi connectivity index (χ2v) is 5.44. The van der Waals surface area contributed by atoms with Crippen LogP contribution < -0.4 is 11.1 Å². The molecule has 0 bridgehead atoms. The van der Waals surface area contributed by atoms with Crippen LogP contribution in [-0.4, -0.2) is 27.7 Å². The Morgan fingerprint density at radius 3 is 2.86 bits per heavy atom. The zero-order valence-electron chi connectivity index (χ0n) is 11.5. The Labute approximate surface area is 133 Å². The number of rotatable bonds is 5. The molecule has 0 amide bonds. The Kier molecular flexibility index (Phi) is 5.22. The summed E-state index contributed by atoms with van der Waals surface area (Å²) in [7, 11) is 0. The first-order chi connectivity index (χ1) is 10.0. The summed E-state index contributed by atoms with van der Waals surface area (Å²) in [6, 6.07) is 4.70. The van der Waals surface area contributed by atoms with Gasteiger partial charge in [-0.3, -0.25) is 0 Å². The lowest BCUT2D eigenvalue weighted by Crippen LogP contribution is -2.28. The predicted octanol–water partition coefficient (Wildman–Crippen LogP) is 3.31. The predicted molar refractivity (Wildman–Crippen MR) is 85.9 cm³/mol. The summed E-state index contributed by atoms with van der Waals surface area (Å²) in [5.74, 6) is 0.870. The van der Waals surface area contributed by atoms with Gasteiger partial charge in [0.05, 0.1) is 11.8 Å². The Morgan fingerprint density at radius 1 is 1.38 bits per heavy atom. The molecule has 1 aromatic carbocycles. The maximum Gasteiger partial charge on any atom is 0.165 e. The van der Waals surface area contributed by atoms with E-state index in [-0.39, 0.29) is 11.8 Å². The average molecular weight is 327 g/mol. The molecule has 5 nitrogen and oxygen atoms in total. The van der Waals surface area contributed by atoms with E-state index in [1.165, 1.54) is 12.3 Å².